The second kappa shape index (κ2) is 4.04. The molecule has 1 heterocycles. The van der Waals surface area contributed by atoms with Crippen molar-refractivity contribution >= 4 is 5.82 Å². The Morgan fingerprint density at radius 1 is 1.67 bits per heavy atom. The van der Waals surface area contributed by atoms with Gasteiger partial charge in [0.2, 0.25) is 0 Å². The Bertz CT molecular complexity index is 248. The molecule has 1 atom stereocenters. The molecule has 0 amide bonds. The van der Waals surface area contributed by atoms with Crippen LogP contribution in [0, 0.1) is 0 Å². The Labute approximate surface area is 71.4 Å². The smallest absolute Gasteiger partial charge is 0.123 e. The van der Waals surface area contributed by atoms with E-state index in [-0.39, 0.29) is 12.6 Å². The van der Waals surface area contributed by atoms with Crippen molar-refractivity contribution in [1.82, 2.24) is 10.3 Å². The van der Waals surface area contributed by atoms with Crippen LogP contribution < -0.4 is 11.1 Å². The highest BCUT2D eigenvalue weighted by Gasteiger charge is 2.07. The summed E-state index contributed by atoms with van der Waals surface area (Å²) in [6.07, 6.45) is 0. The molecule has 66 valence electrons. The largest absolute Gasteiger partial charge is 0.394 e. The number of pyridine rings is 1. The van der Waals surface area contributed by atoms with Crippen LogP contribution in [0.5, 0.6) is 0 Å². The second-order valence-corrected chi connectivity index (χ2v) is 2.51. The van der Waals surface area contributed by atoms with E-state index in [2.05, 4.69) is 10.3 Å². The van der Waals surface area contributed by atoms with Crippen LogP contribution in [0.4, 0.5) is 5.82 Å². The SMILES string of the molecule is CNC(CO)c1cccc(N)n1. The molecule has 0 spiro atoms. The van der Waals surface area contributed by atoms with Gasteiger partial charge in [-0.15, -0.1) is 0 Å². The molecule has 1 rings (SSSR count). The average molecular weight is 167 g/mol. The molecule has 1 unspecified atom stereocenters. The molecular formula is C8H13N3O. The Morgan fingerprint density at radius 2 is 2.42 bits per heavy atom. The van der Waals surface area contributed by atoms with Crippen molar-refractivity contribution in [2.75, 3.05) is 19.4 Å². The highest BCUT2D eigenvalue weighted by atomic mass is 16.3. The Hall–Kier alpha value is -1.13. The number of nitrogen functional groups attached to an aromatic ring is 1. The molecule has 0 fully saturated rings. The lowest BCUT2D eigenvalue weighted by Crippen LogP contribution is -2.21. The molecule has 0 saturated heterocycles. The van der Waals surface area contributed by atoms with Gasteiger partial charge < -0.3 is 16.2 Å². The van der Waals surface area contributed by atoms with Gasteiger partial charge in [-0.1, -0.05) is 6.07 Å². The zero-order valence-corrected chi connectivity index (χ0v) is 6.99. The van der Waals surface area contributed by atoms with Gasteiger partial charge >= 0.3 is 0 Å². The quantitative estimate of drug-likeness (QED) is 0.588. The summed E-state index contributed by atoms with van der Waals surface area (Å²) in [5.74, 6) is 0.473. The minimum atomic E-state index is -0.131. The van der Waals surface area contributed by atoms with Crippen molar-refractivity contribution < 1.29 is 5.11 Å². The summed E-state index contributed by atoms with van der Waals surface area (Å²) in [7, 11) is 1.77. The van der Waals surface area contributed by atoms with Crippen molar-refractivity contribution in [3.8, 4) is 0 Å². The molecule has 4 N–H and O–H groups in total. The van der Waals surface area contributed by atoms with Crippen LogP contribution in [0.15, 0.2) is 18.2 Å². The Kier molecular flexibility index (Phi) is 3.01. The second-order valence-electron chi connectivity index (χ2n) is 2.51. The van der Waals surface area contributed by atoms with Crippen LogP contribution in [-0.2, 0) is 0 Å². The lowest BCUT2D eigenvalue weighted by Gasteiger charge is -2.11. The van der Waals surface area contributed by atoms with E-state index >= 15 is 0 Å². The van der Waals surface area contributed by atoms with Crippen molar-refractivity contribution in [1.29, 1.82) is 0 Å². The number of aromatic nitrogens is 1. The Balaban J connectivity index is 2.85. The minimum Gasteiger partial charge on any atom is -0.394 e. The third-order valence-corrected chi connectivity index (χ3v) is 1.68. The number of nitrogens with two attached hydrogens (primary N) is 1. The van der Waals surface area contributed by atoms with Gasteiger partial charge in [-0.25, -0.2) is 4.98 Å². The van der Waals surface area contributed by atoms with Crippen molar-refractivity contribution in [3.05, 3.63) is 23.9 Å². The van der Waals surface area contributed by atoms with E-state index in [0.29, 0.717) is 5.82 Å². The number of likely N-dealkylation sites (N-methyl/N-ethyl adjacent to an activating group) is 1. The molecular weight excluding hydrogens is 154 g/mol. The molecule has 4 nitrogen and oxygen atoms in total. The van der Waals surface area contributed by atoms with Gasteiger partial charge in [0.25, 0.3) is 0 Å². The van der Waals surface area contributed by atoms with Gasteiger partial charge in [0, 0.05) is 0 Å². The van der Waals surface area contributed by atoms with Crippen LogP contribution in [-0.4, -0.2) is 23.7 Å². The molecule has 4 heteroatoms. The zero-order valence-electron chi connectivity index (χ0n) is 6.99. The first-order chi connectivity index (χ1) is 5.77. The zero-order chi connectivity index (χ0) is 8.97. The van der Waals surface area contributed by atoms with E-state index in [1.54, 1.807) is 13.1 Å². The normalized spacial score (nSPS) is 12.8. The van der Waals surface area contributed by atoms with Crippen molar-refractivity contribution in [3.63, 3.8) is 0 Å². The summed E-state index contributed by atoms with van der Waals surface area (Å²) in [5.41, 5.74) is 6.25. The standard InChI is InChI=1S/C8H13N3O/c1-10-7(5-12)6-3-2-4-8(9)11-6/h2-4,7,10,12H,5H2,1H3,(H2,9,11). The van der Waals surface area contributed by atoms with E-state index in [9.17, 15) is 0 Å². The molecule has 12 heavy (non-hydrogen) atoms. The first-order valence-corrected chi connectivity index (χ1v) is 3.78. The summed E-state index contributed by atoms with van der Waals surface area (Å²) < 4.78 is 0. The number of anilines is 1. The average Bonchev–Trinajstić information content (AvgIpc) is 2.07. The third kappa shape index (κ3) is 1.93. The molecule has 0 aliphatic rings. The Morgan fingerprint density at radius 3 is 2.92 bits per heavy atom. The van der Waals surface area contributed by atoms with Crippen LogP contribution in [0.25, 0.3) is 0 Å². The van der Waals surface area contributed by atoms with Crippen molar-refractivity contribution in [2.24, 2.45) is 0 Å². The molecule has 1 aromatic rings. The van der Waals surface area contributed by atoms with E-state index < -0.39 is 0 Å². The third-order valence-electron chi connectivity index (χ3n) is 1.68. The molecule has 0 aliphatic carbocycles. The molecule has 0 aromatic carbocycles. The fourth-order valence-electron chi connectivity index (χ4n) is 0.996. The van der Waals surface area contributed by atoms with Crippen LogP contribution in [0.1, 0.15) is 11.7 Å². The van der Waals surface area contributed by atoms with E-state index in [4.69, 9.17) is 10.8 Å². The van der Waals surface area contributed by atoms with Crippen LogP contribution in [0.3, 0.4) is 0 Å². The van der Waals surface area contributed by atoms with E-state index in [1.807, 2.05) is 12.1 Å². The number of hydrogen-bond acceptors (Lipinski definition) is 4. The monoisotopic (exact) mass is 167 g/mol. The fourth-order valence-corrected chi connectivity index (χ4v) is 0.996. The predicted octanol–water partition coefficient (Wildman–Crippen LogP) is -0.0834. The number of hydrogen-bond donors (Lipinski definition) is 3. The fraction of sp³-hybridized carbons (Fsp3) is 0.375. The molecule has 0 aliphatic heterocycles. The maximum absolute atomic E-state index is 8.93. The van der Waals surface area contributed by atoms with Gasteiger partial charge in [0.05, 0.1) is 18.3 Å². The number of nitrogens with one attached hydrogen (secondary N) is 1. The number of rotatable bonds is 3. The lowest BCUT2D eigenvalue weighted by molar-refractivity contribution is 0.248. The molecule has 0 bridgehead atoms. The predicted molar refractivity (Wildman–Crippen MR) is 47.5 cm³/mol. The van der Waals surface area contributed by atoms with Crippen LogP contribution in [0.2, 0.25) is 0 Å². The van der Waals surface area contributed by atoms with Gasteiger partial charge in [-0.2, -0.15) is 0 Å². The van der Waals surface area contributed by atoms with Gasteiger partial charge in [0.1, 0.15) is 5.82 Å². The van der Waals surface area contributed by atoms with Gasteiger partial charge in [-0.05, 0) is 19.2 Å². The highest BCUT2D eigenvalue weighted by Crippen LogP contribution is 2.09. The number of aliphatic hydroxyl groups is 1. The van der Waals surface area contributed by atoms with E-state index in [1.165, 1.54) is 0 Å². The van der Waals surface area contributed by atoms with E-state index in [0.717, 1.165) is 5.69 Å². The topological polar surface area (TPSA) is 71.2 Å². The lowest BCUT2D eigenvalue weighted by atomic mass is 10.2. The molecule has 0 radical (unpaired) electrons. The first-order valence-electron chi connectivity index (χ1n) is 3.78. The number of aliphatic hydroxyl groups excluding tert-OH is 1. The number of nitrogens with zero attached hydrogens (tertiary/aromatic N) is 1. The first kappa shape index (κ1) is 8.96. The summed E-state index contributed by atoms with van der Waals surface area (Å²) in [4.78, 5) is 4.07. The summed E-state index contributed by atoms with van der Waals surface area (Å²) in [6.45, 7) is 0.0208. The highest BCUT2D eigenvalue weighted by molar-refractivity contribution is 5.29. The van der Waals surface area contributed by atoms with Crippen molar-refractivity contribution in [2.45, 2.75) is 6.04 Å². The molecule has 0 saturated carbocycles. The van der Waals surface area contributed by atoms with Gasteiger partial charge in [0.15, 0.2) is 0 Å². The van der Waals surface area contributed by atoms with Crippen LogP contribution >= 0.6 is 0 Å². The van der Waals surface area contributed by atoms with Gasteiger partial charge in [-0.3, -0.25) is 0 Å². The minimum absolute atomic E-state index is 0.0208. The maximum Gasteiger partial charge on any atom is 0.123 e. The summed E-state index contributed by atoms with van der Waals surface area (Å²) >= 11 is 0. The summed E-state index contributed by atoms with van der Waals surface area (Å²) in [5, 5.41) is 11.9. The summed E-state index contributed by atoms with van der Waals surface area (Å²) in [6, 6.07) is 5.23. The maximum atomic E-state index is 8.93. The molecule has 1 aromatic heterocycles.